The molecule has 1 atom stereocenters. The maximum atomic E-state index is 12.7. The molecule has 4 rings (SSSR count). The summed E-state index contributed by atoms with van der Waals surface area (Å²) in [5.41, 5.74) is 1.88. The third-order valence-corrected chi connectivity index (χ3v) is 4.97. The number of aryl methyl sites for hydroxylation is 1. The molecule has 8 heteroatoms. The number of hydrogen-bond acceptors (Lipinski definition) is 4. The van der Waals surface area contributed by atoms with Crippen LogP contribution in [0.2, 0.25) is 0 Å². The number of nitrogens with zero attached hydrogens (tertiary/aromatic N) is 3. The molecule has 1 saturated heterocycles. The lowest BCUT2D eigenvalue weighted by atomic mass is 10.1. The highest BCUT2D eigenvalue weighted by atomic mass is 19.4. The molecule has 0 N–H and O–H groups in total. The van der Waals surface area contributed by atoms with Crippen LogP contribution in [0.3, 0.4) is 0 Å². The summed E-state index contributed by atoms with van der Waals surface area (Å²) in [4.78, 5) is 18.4. The van der Waals surface area contributed by atoms with E-state index in [1.807, 2.05) is 31.2 Å². The number of hydrogen-bond donors (Lipinski definition) is 0. The molecule has 1 unspecified atom stereocenters. The molecule has 150 valence electrons. The summed E-state index contributed by atoms with van der Waals surface area (Å²) >= 11 is 0. The SMILES string of the molecule is Cc1ccc(CN2CC(c3nc(-c4ccc(C(F)(F)F)cc4)no3)CC2=O)cc1. The van der Waals surface area contributed by atoms with Gasteiger partial charge in [0.15, 0.2) is 0 Å². The van der Waals surface area contributed by atoms with Crippen LogP contribution < -0.4 is 0 Å². The molecule has 1 fully saturated rings. The van der Waals surface area contributed by atoms with Crippen molar-refractivity contribution in [2.45, 2.75) is 32.0 Å². The van der Waals surface area contributed by atoms with Crippen LogP contribution in [0.4, 0.5) is 13.2 Å². The first-order valence-electron chi connectivity index (χ1n) is 9.14. The van der Waals surface area contributed by atoms with Crippen LogP contribution in [0.5, 0.6) is 0 Å². The summed E-state index contributed by atoms with van der Waals surface area (Å²) in [6.45, 7) is 2.97. The third-order valence-electron chi connectivity index (χ3n) is 4.97. The van der Waals surface area contributed by atoms with Crippen molar-refractivity contribution in [2.24, 2.45) is 0 Å². The summed E-state index contributed by atoms with van der Waals surface area (Å²) in [5.74, 6) is 0.298. The van der Waals surface area contributed by atoms with Gasteiger partial charge in [-0.3, -0.25) is 4.79 Å². The summed E-state index contributed by atoms with van der Waals surface area (Å²) in [5, 5.41) is 3.87. The van der Waals surface area contributed by atoms with E-state index in [4.69, 9.17) is 4.52 Å². The number of halogens is 3. The van der Waals surface area contributed by atoms with E-state index < -0.39 is 11.7 Å². The molecule has 29 heavy (non-hydrogen) atoms. The number of carbonyl (C=O) groups excluding carboxylic acids is 1. The Bertz CT molecular complexity index is 1010. The Balaban J connectivity index is 1.45. The van der Waals surface area contributed by atoms with Gasteiger partial charge in [0.1, 0.15) is 0 Å². The number of rotatable bonds is 4. The maximum absolute atomic E-state index is 12.7. The van der Waals surface area contributed by atoms with Crippen molar-refractivity contribution in [1.29, 1.82) is 0 Å². The van der Waals surface area contributed by atoms with Gasteiger partial charge in [0.25, 0.3) is 0 Å². The molecule has 0 saturated carbocycles. The van der Waals surface area contributed by atoms with Crippen LogP contribution in [0.25, 0.3) is 11.4 Å². The minimum absolute atomic E-state index is 0.00450. The van der Waals surface area contributed by atoms with Crippen LogP contribution in [0.15, 0.2) is 53.1 Å². The zero-order chi connectivity index (χ0) is 20.6. The minimum atomic E-state index is -4.40. The van der Waals surface area contributed by atoms with Gasteiger partial charge in [-0.25, -0.2) is 0 Å². The Morgan fingerprint density at radius 2 is 1.79 bits per heavy atom. The molecule has 1 aromatic heterocycles. The highest BCUT2D eigenvalue weighted by Crippen LogP contribution is 2.32. The van der Waals surface area contributed by atoms with Crippen LogP contribution in [-0.4, -0.2) is 27.5 Å². The van der Waals surface area contributed by atoms with E-state index in [1.54, 1.807) is 4.90 Å². The number of benzene rings is 2. The summed E-state index contributed by atoms with van der Waals surface area (Å²) < 4.78 is 43.4. The van der Waals surface area contributed by atoms with E-state index in [-0.39, 0.29) is 24.1 Å². The second kappa shape index (κ2) is 7.35. The summed E-state index contributed by atoms with van der Waals surface area (Å²) in [6, 6.07) is 12.6. The first-order valence-corrected chi connectivity index (χ1v) is 9.14. The van der Waals surface area contributed by atoms with Gasteiger partial charge in [-0.05, 0) is 24.6 Å². The van der Waals surface area contributed by atoms with E-state index in [1.165, 1.54) is 12.1 Å². The van der Waals surface area contributed by atoms with Gasteiger partial charge in [-0.2, -0.15) is 18.2 Å². The van der Waals surface area contributed by atoms with Gasteiger partial charge in [0, 0.05) is 25.1 Å². The van der Waals surface area contributed by atoms with Crippen LogP contribution in [0, 0.1) is 6.92 Å². The number of amides is 1. The minimum Gasteiger partial charge on any atom is -0.339 e. The monoisotopic (exact) mass is 401 g/mol. The highest BCUT2D eigenvalue weighted by molar-refractivity contribution is 5.79. The molecule has 0 bridgehead atoms. The Labute approximate surface area is 165 Å². The van der Waals surface area contributed by atoms with Gasteiger partial charge in [-0.15, -0.1) is 0 Å². The molecule has 2 heterocycles. The molecule has 1 amide bonds. The maximum Gasteiger partial charge on any atom is 0.416 e. The van der Waals surface area contributed by atoms with Crippen LogP contribution in [-0.2, 0) is 17.5 Å². The zero-order valence-corrected chi connectivity index (χ0v) is 15.6. The number of alkyl halides is 3. The second-order valence-corrected chi connectivity index (χ2v) is 7.19. The Morgan fingerprint density at radius 3 is 2.45 bits per heavy atom. The Kier molecular flexibility index (Phi) is 4.86. The molecule has 2 aromatic carbocycles. The molecular formula is C21H18F3N3O2. The van der Waals surface area contributed by atoms with Crippen molar-refractivity contribution in [3.63, 3.8) is 0 Å². The van der Waals surface area contributed by atoms with Crippen molar-refractivity contribution in [3.8, 4) is 11.4 Å². The number of likely N-dealkylation sites (tertiary alicyclic amines) is 1. The van der Waals surface area contributed by atoms with Crippen LogP contribution >= 0.6 is 0 Å². The van der Waals surface area contributed by atoms with Gasteiger partial charge in [-0.1, -0.05) is 47.1 Å². The molecule has 0 aliphatic carbocycles. The van der Waals surface area contributed by atoms with Crippen LogP contribution in [0.1, 0.15) is 34.9 Å². The van der Waals surface area contributed by atoms with E-state index in [0.717, 1.165) is 23.3 Å². The smallest absolute Gasteiger partial charge is 0.339 e. The molecule has 0 spiro atoms. The average Bonchev–Trinajstić information content (AvgIpc) is 3.30. The van der Waals surface area contributed by atoms with Crippen molar-refractivity contribution in [1.82, 2.24) is 15.0 Å². The van der Waals surface area contributed by atoms with Crippen molar-refractivity contribution in [2.75, 3.05) is 6.54 Å². The zero-order valence-electron chi connectivity index (χ0n) is 15.6. The van der Waals surface area contributed by atoms with Crippen molar-refractivity contribution in [3.05, 3.63) is 71.1 Å². The average molecular weight is 401 g/mol. The van der Waals surface area contributed by atoms with E-state index in [0.29, 0.717) is 24.5 Å². The van der Waals surface area contributed by atoms with Gasteiger partial charge in [0.2, 0.25) is 17.6 Å². The van der Waals surface area contributed by atoms with E-state index >= 15 is 0 Å². The molecule has 1 aliphatic heterocycles. The summed E-state index contributed by atoms with van der Waals surface area (Å²) in [7, 11) is 0. The fourth-order valence-electron chi connectivity index (χ4n) is 3.33. The third kappa shape index (κ3) is 4.16. The number of carbonyl (C=O) groups is 1. The van der Waals surface area contributed by atoms with Gasteiger partial charge >= 0.3 is 6.18 Å². The quantitative estimate of drug-likeness (QED) is 0.642. The lowest BCUT2D eigenvalue weighted by Gasteiger charge is -2.16. The standard InChI is InChI=1S/C21H18F3N3O2/c1-13-2-4-14(5-3-13)11-27-12-16(10-18(27)28)20-25-19(26-29-20)15-6-8-17(9-7-15)21(22,23)24/h2-9,16H,10-12H2,1H3. The highest BCUT2D eigenvalue weighted by Gasteiger charge is 2.34. The Morgan fingerprint density at radius 1 is 1.10 bits per heavy atom. The molecule has 3 aromatic rings. The van der Waals surface area contributed by atoms with Crippen molar-refractivity contribution < 1.29 is 22.5 Å². The predicted octanol–water partition coefficient (Wildman–Crippen LogP) is 4.58. The van der Waals surface area contributed by atoms with Gasteiger partial charge in [0.05, 0.1) is 11.5 Å². The second-order valence-electron chi connectivity index (χ2n) is 7.19. The fraction of sp³-hybridized carbons (Fsp3) is 0.286. The normalized spacial score (nSPS) is 17.2. The van der Waals surface area contributed by atoms with E-state index in [2.05, 4.69) is 10.1 Å². The largest absolute Gasteiger partial charge is 0.416 e. The first-order chi connectivity index (χ1) is 13.8. The number of aromatic nitrogens is 2. The fourth-order valence-corrected chi connectivity index (χ4v) is 3.33. The lowest BCUT2D eigenvalue weighted by Crippen LogP contribution is -2.24. The topological polar surface area (TPSA) is 59.2 Å². The van der Waals surface area contributed by atoms with Gasteiger partial charge < -0.3 is 9.42 Å². The molecule has 5 nitrogen and oxygen atoms in total. The Hall–Kier alpha value is -3.16. The first kappa shape index (κ1) is 19.2. The van der Waals surface area contributed by atoms with Crippen molar-refractivity contribution >= 4 is 5.91 Å². The lowest BCUT2D eigenvalue weighted by molar-refractivity contribution is -0.137. The molecular weight excluding hydrogens is 383 g/mol. The predicted molar refractivity (Wildman–Crippen MR) is 98.7 cm³/mol. The molecule has 0 radical (unpaired) electrons. The summed E-state index contributed by atoms with van der Waals surface area (Å²) in [6.07, 6.45) is -4.13. The van der Waals surface area contributed by atoms with E-state index in [9.17, 15) is 18.0 Å². The molecule has 1 aliphatic rings.